The first-order valence-corrected chi connectivity index (χ1v) is 7.58. The lowest BCUT2D eigenvalue weighted by Gasteiger charge is -2.10. The molecule has 0 aliphatic heterocycles. The molecule has 3 aromatic rings. The number of carboxylic acids is 1. The quantitative estimate of drug-likeness (QED) is 0.754. The largest absolute Gasteiger partial charge is 0.476 e. The topological polar surface area (TPSA) is 68.0 Å². The van der Waals surface area contributed by atoms with Crippen LogP contribution < -0.4 is 0 Å². The van der Waals surface area contributed by atoms with Gasteiger partial charge in [0.2, 0.25) is 0 Å². The standard InChI is InChI=1S/C16H10Cl2FN3O2/c17-10-6-4-9(5-7-10)15-14(16(23)24)20-21-22(15)8-11-12(18)2-1-3-13(11)19/h1-7H,8H2,(H,23,24). The van der Waals surface area contributed by atoms with E-state index in [2.05, 4.69) is 10.3 Å². The second kappa shape index (κ2) is 6.59. The van der Waals surface area contributed by atoms with E-state index < -0.39 is 11.8 Å². The Balaban J connectivity index is 2.12. The highest BCUT2D eigenvalue weighted by Gasteiger charge is 2.22. The third-order valence-electron chi connectivity index (χ3n) is 3.42. The minimum atomic E-state index is -1.23. The van der Waals surface area contributed by atoms with Gasteiger partial charge in [-0.2, -0.15) is 0 Å². The van der Waals surface area contributed by atoms with Gasteiger partial charge in [0.1, 0.15) is 11.5 Å². The average molecular weight is 366 g/mol. The molecule has 0 saturated carbocycles. The molecule has 0 amide bonds. The predicted molar refractivity (Wildman–Crippen MR) is 87.9 cm³/mol. The van der Waals surface area contributed by atoms with Crippen molar-refractivity contribution in [1.29, 1.82) is 0 Å². The van der Waals surface area contributed by atoms with Crippen molar-refractivity contribution in [3.8, 4) is 11.3 Å². The fourth-order valence-corrected chi connectivity index (χ4v) is 2.64. The van der Waals surface area contributed by atoms with Crippen LogP contribution in [0.3, 0.4) is 0 Å². The normalized spacial score (nSPS) is 10.8. The van der Waals surface area contributed by atoms with Crippen LogP contribution in [0.25, 0.3) is 11.3 Å². The fourth-order valence-electron chi connectivity index (χ4n) is 2.29. The second-order valence-corrected chi connectivity index (χ2v) is 5.80. The average Bonchev–Trinajstić information content (AvgIpc) is 2.96. The Morgan fingerprint density at radius 2 is 1.88 bits per heavy atom. The smallest absolute Gasteiger partial charge is 0.358 e. The minimum Gasteiger partial charge on any atom is -0.476 e. The first-order chi connectivity index (χ1) is 11.5. The van der Waals surface area contributed by atoms with Gasteiger partial charge in [-0.15, -0.1) is 5.10 Å². The first kappa shape index (κ1) is 16.4. The number of hydrogen-bond donors (Lipinski definition) is 1. The molecule has 122 valence electrons. The highest BCUT2D eigenvalue weighted by Crippen LogP contribution is 2.27. The van der Waals surface area contributed by atoms with Crippen molar-refractivity contribution in [3.05, 3.63) is 69.6 Å². The van der Waals surface area contributed by atoms with Gasteiger partial charge in [0.25, 0.3) is 0 Å². The summed E-state index contributed by atoms with van der Waals surface area (Å²) >= 11 is 11.9. The van der Waals surface area contributed by atoms with Crippen molar-refractivity contribution in [1.82, 2.24) is 15.0 Å². The summed E-state index contributed by atoms with van der Waals surface area (Å²) in [6.07, 6.45) is 0. The van der Waals surface area contributed by atoms with Gasteiger partial charge in [-0.3, -0.25) is 0 Å². The van der Waals surface area contributed by atoms with Gasteiger partial charge in [0, 0.05) is 21.2 Å². The van der Waals surface area contributed by atoms with Gasteiger partial charge in [-0.25, -0.2) is 13.9 Å². The van der Waals surface area contributed by atoms with Crippen LogP contribution in [0, 0.1) is 5.82 Å². The van der Waals surface area contributed by atoms with Crippen LogP contribution in [-0.4, -0.2) is 26.1 Å². The zero-order chi connectivity index (χ0) is 17.3. The van der Waals surface area contributed by atoms with Gasteiger partial charge >= 0.3 is 5.97 Å². The molecule has 24 heavy (non-hydrogen) atoms. The van der Waals surface area contributed by atoms with Crippen LogP contribution in [0.4, 0.5) is 4.39 Å². The van der Waals surface area contributed by atoms with Crippen LogP contribution in [0.1, 0.15) is 16.1 Å². The third kappa shape index (κ3) is 3.11. The molecule has 1 N–H and O–H groups in total. The lowest BCUT2D eigenvalue weighted by atomic mass is 10.1. The van der Waals surface area contributed by atoms with E-state index >= 15 is 0 Å². The molecule has 5 nitrogen and oxygen atoms in total. The van der Waals surface area contributed by atoms with Gasteiger partial charge < -0.3 is 5.11 Å². The van der Waals surface area contributed by atoms with Crippen molar-refractivity contribution >= 4 is 29.2 Å². The van der Waals surface area contributed by atoms with Crippen LogP contribution >= 0.6 is 23.2 Å². The summed E-state index contributed by atoms with van der Waals surface area (Å²) in [4.78, 5) is 11.4. The molecule has 0 spiro atoms. The summed E-state index contributed by atoms with van der Waals surface area (Å²) in [6.45, 7) is -0.0518. The Bertz CT molecular complexity index is 890. The molecular weight excluding hydrogens is 356 g/mol. The van der Waals surface area contributed by atoms with E-state index in [1.54, 1.807) is 30.3 Å². The number of carbonyl (C=O) groups is 1. The molecule has 0 radical (unpaired) electrons. The molecule has 0 saturated heterocycles. The Morgan fingerprint density at radius 3 is 2.50 bits per heavy atom. The number of aromatic carboxylic acids is 1. The van der Waals surface area contributed by atoms with Crippen molar-refractivity contribution < 1.29 is 14.3 Å². The van der Waals surface area contributed by atoms with Crippen LogP contribution in [-0.2, 0) is 6.54 Å². The number of aromatic nitrogens is 3. The van der Waals surface area contributed by atoms with E-state index in [0.717, 1.165) is 0 Å². The first-order valence-electron chi connectivity index (χ1n) is 6.83. The molecule has 1 heterocycles. The SMILES string of the molecule is O=C(O)c1nnn(Cc2c(F)cccc2Cl)c1-c1ccc(Cl)cc1. The number of rotatable bonds is 4. The van der Waals surface area contributed by atoms with Crippen LogP contribution in [0.15, 0.2) is 42.5 Å². The molecule has 0 unspecified atom stereocenters. The predicted octanol–water partition coefficient (Wildman–Crippen LogP) is 4.14. The molecule has 0 fully saturated rings. The summed E-state index contributed by atoms with van der Waals surface area (Å²) in [5.41, 5.74) is 0.772. The highest BCUT2D eigenvalue weighted by atomic mass is 35.5. The fraction of sp³-hybridized carbons (Fsp3) is 0.0625. The van der Waals surface area contributed by atoms with Crippen molar-refractivity contribution in [2.75, 3.05) is 0 Å². The number of nitrogens with zero attached hydrogens (tertiary/aromatic N) is 3. The lowest BCUT2D eigenvalue weighted by molar-refractivity contribution is 0.0691. The lowest BCUT2D eigenvalue weighted by Crippen LogP contribution is -2.08. The summed E-state index contributed by atoms with van der Waals surface area (Å²) in [7, 11) is 0. The van der Waals surface area contributed by atoms with Gasteiger partial charge in [0.15, 0.2) is 5.69 Å². The molecule has 1 aromatic heterocycles. The van der Waals surface area contributed by atoms with E-state index in [0.29, 0.717) is 10.6 Å². The third-order valence-corrected chi connectivity index (χ3v) is 4.03. The van der Waals surface area contributed by atoms with E-state index in [4.69, 9.17) is 23.2 Å². The van der Waals surface area contributed by atoms with E-state index in [9.17, 15) is 14.3 Å². The zero-order valence-electron chi connectivity index (χ0n) is 12.1. The Labute approximate surface area is 146 Å². The Morgan fingerprint density at radius 1 is 1.17 bits per heavy atom. The summed E-state index contributed by atoms with van der Waals surface area (Å²) in [6, 6.07) is 10.9. The molecule has 0 aliphatic carbocycles. The van der Waals surface area contributed by atoms with Crippen molar-refractivity contribution in [2.45, 2.75) is 6.54 Å². The number of hydrogen-bond acceptors (Lipinski definition) is 3. The molecule has 2 aromatic carbocycles. The second-order valence-electron chi connectivity index (χ2n) is 4.96. The van der Waals surface area contributed by atoms with Crippen molar-refractivity contribution in [3.63, 3.8) is 0 Å². The molecule has 8 heteroatoms. The molecule has 3 rings (SSSR count). The molecular formula is C16H10Cl2FN3O2. The maximum absolute atomic E-state index is 14.0. The van der Waals surface area contributed by atoms with E-state index in [1.807, 2.05) is 0 Å². The monoisotopic (exact) mass is 365 g/mol. The van der Waals surface area contributed by atoms with Gasteiger partial charge in [-0.1, -0.05) is 46.6 Å². The molecule has 0 atom stereocenters. The maximum atomic E-state index is 14.0. The molecule has 0 aliphatic rings. The van der Waals surface area contributed by atoms with E-state index in [1.165, 1.54) is 16.8 Å². The maximum Gasteiger partial charge on any atom is 0.358 e. The van der Waals surface area contributed by atoms with Crippen LogP contribution in [0.5, 0.6) is 0 Å². The Hall–Kier alpha value is -2.44. The number of benzene rings is 2. The Kier molecular flexibility index (Phi) is 4.51. The van der Waals surface area contributed by atoms with E-state index in [-0.39, 0.29) is 28.5 Å². The van der Waals surface area contributed by atoms with Gasteiger partial charge in [0.05, 0.1) is 6.54 Å². The highest BCUT2D eigenvalue weighted by molar-refractivity contribution is 6.31. The van der Waals surface area contributed by atoms with Crippen LogP contribution in [0.2, 0.25) is 10.0 Å². The number of halogens is 3. The summed E-state index contributed by atoms with van der Waals surface area (Å²) in [5.74, 6) is -1.73. The van der Waals surface area contributed by atoms with Gasteiger partial charge in [-0.05, 0) is 24.3 Å². The zero-order valence-corrected chi connectivity index (χ0v) is 13.6. The summed E-state index contributed by atoms with van der Waals surface area (Å²) in [5, 5.41) is 17.6. The minimum absolute atomic E-state index is 0.0518. The molecule has 0 bridgehead atoms. The summed E-state index contributed by atoms with van der Waals surface area (Å²) < 4.78 is 15.3. The van der Waals surface area contributed by atoms with Crippen molar-refractivity contribution in [2.24, 2.45) is 0 Å². The number of carboxylic acid groups (broad SMARTS) is 1.